The summed E-state index contributed by atoms with van der Waals surface area (Å²) in [6, 6.07) is 0. The summed E-state index contributed by atoms with van der Waals surface area (Å²) in [5.41, 5.74) is 0. The molecule has 0 unspecified atom stereocenters. The molecule has 0 aromatic rings. The van der Waals surface area contributed by atoms with Crippen LogP contribution in [0, 0.1) is 0 Å². The highest BCUT2D eigenvalue weighted by Gasteiger charge is 1.92. The topological polar surface area (TPSA) is 9.23 Å². The van der Waals surface area contributed by atoms with Gasteiger partial charge in [0.1, 0.15) is 6.10 Å². The van der Waals surface area contributed by atoms with Crippen LogP contribution in [0.25, 0.3) is 0 Å². The van der Waals surface area contributed by atoms with Gasteiger partial charge in [0.05, 0.1) is 6.26 Å². The van der Waals surface area contributed by atoms with Gasteiger partial charge in [-0.2, -0.15) is 0 Å². The number of rotatable bonds is 0. The predicted octanol–water partition coefficient (Wildman–Crippen LogP) is 1.47. The molecule has 0 spiro atoms. The molecule has 0 saturated carbocycles. The molecule has 0 saturated heterocycles. The molecule has 0 N–H and O–H groups in total. The summed E-state index contributed by atoms with van der Waals surface area (Å²) in [6.07, 6.45) is 7.82. The highest BCUT2D eigenvalue weighted by molar-refractivity contribution is 5.06. The second-order valence-electron chi connectivity index (χ2n) is 1.55. The highest BCUT2D eigenvalue weighted by Crippen LogP contribution is 1.98. The van der Waals surface area contributed by atoms with Crippen molar-refractivity contribution >= 4 is 0 Å². The van der Waals surface area contributed by atoms with Gasteiger partial charge in [-0.25, -0.2) is 0 Å². The van der Waals surface area contributed by atoms with Gasteiger partial charge in [-0.05, 0) is 19.1 Å². The first-order valence-corrected chi connectivity index (χ1v) is 2.38. The number of ether oxygens (including phenoxy) is 1. The molecule has 0 fully saturated rings. The van der Waals surface area contributed by atoms with Crippen LogP contribution < -0.4 is 0 Å². The summed E-state index contributed by atoms with van der Waals surface area (Å²) < 4.78 is 5.01. The van der Waals surface area contributed by atoms with E-state index in [1.54, 1.807) is 6.26 Å². The average Bonchev–Trinajstić information content (AvgIpc) is 1.69. The summed E-state index contributed by atoms with van der Waals surface area (Å²) >= 11 is 0. The predicted molar refractivity (Wildman–Crippen MR) is 28.8 cm³/mol. The monoisotopic (exact) mass is 96.1 g/mol. The molecule has 0 aliphatic carbocycles. The Morgan fingerprint density at radius 3 is 2.57 bits per heavy atom. The van der Waals surface area contributed by atoms with Crippen molar-refractivity contribution in [2.24, 2.45) is 0 Å². The van der Waals surface area contributed by atoms with Crippen molar-refractivity contribution in [3.05, 3.63) is 24.5 Å². The second kappa shape index (κ2) is 1.82. The third-order valence-corrected chi connectivity index (χ3v) is 0.865. The van der Waals surface area contributed by atoms with Crippen LogP contribution in [0.1, 0.15) is 6.92 Å². The first-order valence-electron chi connectivity index (χ1n) is 2.38. The molecule has 0 aromatic heterocycles. The van der Waals surface area contributed by atoms with E-state index in [1.165, 1.54) is 0 Å². The fraction of sp³-hybridized carbons (Fsp3) is 0.333. The van der Waals surface area contributed by atoms with Gasteiger partial charge in [0, 0.05) is 0 Å². The largest absolute Gasteiger partial charge is 0.494 e. The van der Waals surface area contributed by atoms with E-state index in [9.17, 15) is 0 Å². The molecule has 1 aliphatic heterocycles. The summed E-state index contributed by atoms with van der Waals surface area (Å²) in [5.74, 6) is 0. The zero-order chi connectivity index (χ0) is 5.11. The Labute approximate surface area is 43.3 Å². The van der Waals surface area contributed by atoms with E-state index in [-0.39, 0.29) is 6.10 Å². The van der Waals surface area contributed by atoms with Crippen molar-refractivity contribution in [1.29, 1.82) is 0 Å². The molecular formula is C6H8O. The zero-order valence-electron chi connectivity index (χ0n) is 4.29. The van der Waals surface area contributed by atoms with Gasteiger partial charge in [0.15, 0.2) is 0 Å². The standard InChI is InChI=1S/C6H8O/c1-6-4-2-3-5-7-6/h2-6H,1H3/t6-/m0/s1. The van der Waals surface area contributed by atoms with Crippen LogP contribution in [0.5, 0.6) is 0 Å². The summed E-state index contributed by atoms with van der Waals surface area (Å²) in [5, 5.41) is 0. The summed E-state index contributed by atoms with van der Waals surface area (Å²) in [4.78, 5) is 0. The Kier molecular flexibility index (Phi) is 1.16. The van der Waals surface area contributed by atoms with Crippen molar-refractivity contribution in [1.82, 2.24) is 0 Å². The molecular weight excluding hydrogens is 88.1 g/mol. The lowest BCUT2D eigenvalue weighted by Gasteiger charge is -2.06. The Balaban J connectivity index is 2.49. The van der Waals surface area contributed by atoms with E-state index in [1.807, 2.05) is 25.2 Å². The van der Waals surface area contributed by atoms with Crippen LogP contribution >= 0.6 is 0 Å². The maximum atomic E-state index is 5.01. The third-order valence-electron chi connectivity index (χ3n) is 0.865. The maximum Gasteiger partial charge on any atom is 0.113 e. The Morgan fingerprint density at radius 2 is 2.29 bits per heavy atom. The van der Waals surface area contributed by atoms with Crippen molar-refractivity contribution in [3.8, 4) is 0 Å². The summed E-state index contributed by atoms with van der Waals surface area (Å²) in [7, 11) is 0. The molecule has 1 heteroatoms. The second-order valence-corrected chi connectivity index (χ2v) is 1.55. The minimum Gasteiger partial charge on any atom is -0.494 e. The van der Waals surface area contributed by atoms with Crippen LogP contribution in [0.4, 0.5) is 0 Å². The van der Waals surface area contributed by atoms with Gasteiger partial charge >= 0.3 is 0 Å². The molecule has 1 aliphatic rings. The smallest absolute Gasteiger partial charge is 0.113 e. The average molecular weight is 96.1 g/mol. The van der Waals surface area contributed by atoms with Gasteiger partial charge < -0.3 is 4.74 Å². The molecule has 0 bridgehead atoms. The van der Waals surface area contributed by atoms with Crippen LogP contribution in [0.3, 0.4) is 0 Å². The van der Waals surface area contributed by atoms with E-state index in [4.69, 9.17) is 4.74 Å². The molecule has 1 atom stereocenters. The Morgan fingerprint density at radius 1 is 1.43 bits per heavy atom. The molecule has 0 aromatic carbocycles. The SMILES string of the molecule is C[C@H]1C=CC=CO1. The van der Waals surface area contributed by atoms with E-state index in [2.05, 4.69) is 0 Å². The molecule has 7 heavy (non-hydrogen) atoms. The molecule has 38 valence electrons. The van der Waals surface area contributed by atoms with E-state index >= 15 is 0 Å². The molecule has 0 amide bonds. The maximum absolute atomic E-state index is 5.01. The lowest BCUT2D eigenvalue weighted by molar-refractivity contribution is 0.200. The van der Waals surface area contributed by atoms with Gasteiger partial charge in [0.2, 0.25) is 0 Å². The number of hydrogen-bond donors (Lipinski definition) is 0. The summed E-state index contributed by atoms with van der Waals surface area (Å²) in [6.45, 7) is 2.00. The van der Waals surface area contributed by atoms with Crippen LogP contribution in [-0.2, 0) is 4.74 Å². The van der Waals surface area contributed by atoms with Crippen molar-refractivity contribution < 1.29 is 4.74 Å². The van der Waals surface area contributed by atoms with E-state index in [0.29, 0.717) is 0 Å². The Bertz CT molecular complexity index is 103. The van der Waals surface area contributed by atoms with Crippen molar-refractivity contribution in [2.45, 2.75) is 13.0 Å². The van der Waals surface area contributed by atoms with E-state index in [0.717, 1.165) is 0 Å². The fourth-order valence-electron chi connectivity index (χ4n) is 0.481. The lowest BCUT2D eigenvalue weighted by atomic mass is 10.3. The molecule has 1 heterocycles. The van der Waals surface area contributed by atoms with Gasteiger partial charge in [-0.3, -0.25) is 0 Å². The molecule has 1 nitrogen and oxygen atoms in total. The van der Waals surface area contributed by atoms with Crippen molar-refractivity contribution in [3.63, 3.8) is 0 Å². The number of allylic oxidation sites excluding steroid dienone is 2. The molecule has 0 radical (unpaired) electrons. The normalized spacial score (nSPS) is 27.3. The lowest BCUT2D eigenvalue weighted by Crippen LogP contribution is -1.99. The van der Waals surface area contributed by atoms with Crippen LogP contribution in [0.2, 0.25) is 0 Å². The van der Waals surface area contributed by atoms with Gasteiger partial charge in [0.25, 0.3) is 0 Å². The first kappa shape index (κ1) is 4.44. The third kappa shape index (κ3) is 1.07. The number of hydrogen-bond acceptors (Lipinski definition) is 1. The van der Waals surface area contributed by atoms with Crippen LogP contribution in [0.15, 0.2) is 24.5 Å². The van der Waals surface area contributed by atoms with E-state index < -0.39 is 0 Å². The quantitative estimate of drug-likeness (QED) is 0.443. The fourth-order valence-corrected chi connectivity index (χ4v) is 0.481. The van der Waals surface area contributed by atoms with Crippen LogP contribution in [-0.4, -0.2) is 6.10 Å². The minimum absolute atomic E-state index is 0.269. The molecule has 1 rings (SSSR count). The van der Waals surface area contributed by atoms with Crippen molar-refractivity contribution in [2.75, 3.05) is 0 Å². The van der Waals surface area contributed by atoms with Gasteiger partial charge in [-0.1, -0.05) is 6.08 Å². The highest BCUT2D eigenvalue weighted by atomic mass is 16.5. The zero-order valence-corrected chi connectivity index (χ0v) is 4.29. The first-order chi connectivity index (χ1) is 3.39. The van der Waals surface area contributed by atoms with Gasteiger partial charge in [-0.15, -0.1) is 0 Å². The Hall–Kier alpha value is -0.720. The minimum atomic E-state index is 0.269.